The van der Waals surface area contributed by atoms with E-state index < -0.39 is 5.97 Å². The Kier molecular flexibility index (Phi) is 8.01. The SMILES string of the molecule is C=CCN(CCCCC)CC(C)C(=O)O. The van der Waals surface area contributed by atoms with Crippen LogP contribution in [0.3, 0.4) is 0 Å². The number of nitrogens with zero attached hydrogens (tertiary/aromatic N) is 1. The Morgan fingerprint density at radius 2 is 2.20 bits per heavy atom. The molecule has 0 aromatic carbocycles. The van der Waals surface area contributed by atoms with Crippen LogP contribution in [0.15, 0.2) is 12.7 Å². The van der Waals surface area contributed by atoms with E-state index in [1.54, 1.807) is 6.92 Å². The molecule has 0 rings (SSSR count). The molecule has 0 radical (unpaired) electrons. The summed E-state index contributed by atoms with van der Waals surface area (Å²) in [4.78, 5) is 12.9. The van der Waals surface area contributed by atoms with Crippen LogP contribution in [0.4, 0.5) is 0 Å². The Labute approximate surface area is 92.8 Å². The van der Waals surface area contributed by atoms with E-state index in [2.05, 4.69) is 18.4 Å². The fourth-order valence-corrected chi connectivity index (χ4v) is 1.49. The number of carboxylic acid groups (broad SMARTS) is 1. The second-order valence-corrected chi connectivity index (χ2v) is 3.99. The molecule has 3 heteroatoms. The monoisotopic (exact) mass is 213 g/mol. The maximum absolute atomic E-state index is 10.7. The van der Waals surface area contributed by atoms with Crippen molar-refractivity contribution in [1.82, 2.24) is 4.90 Å². The Morgan fingerprint density at radius 3 is 2.67 bits per heavy atom. The Hall–Kier alpha value is -0.830. The van der Waals surface area contributed by atoms with Crippen LogP contribution in [0.5, 0.6) is 0 Å². The van der Waals surface area contributed by atoms with Crippen LogP contribution in [-0.2, 0) is 4.79 Å². The minimum absolute atomic E-state index is 0.299. The zero-order valence-electron chi connectivity index (χ0n) is 9.91. The van der Waals surface area contributed by atoms with Crippen LogP contribution in [0.25, 0.3) is 0 Å². The summed E-state index contributed by atoms with van der Waals surface area (Å²) in [5.41, 5.74) is 0. The van der Waals surface area contributed by atoms with Gasteiger partial charge in [0, 0.05) is 13.1 Å². The summed E-state index contributed by atoms with van der Waals surface area (Å²) >= 11 is 0. The van der Waals surface area contributed by atoms with Crippen LogP contribution in [-0.4, -0.2) is 35.6 Å². The van der Waals surface area contributed by atoms with Gasteiger partial charge in [-0.05, 0) is 13.0 Å². The van der Waals surface area contributed by atoms with Gasteiger partial charge in [0.1, 0.15) is 0 Å². The Morgan fingerprint density at radius 1 is 1.53 bits per heavy atom. The number of carboxylic acids is 1. The average Bonchev–Trinajstić information content (AvgIpc) is 2.18. The number of carbonyl (C=O) groups is 1. The van der Waals surface area contributed by atoms with Gasteiger partial charge in [0.15, 0.2) is 0 Å². The van der Waals surface area contributed by atoms with Crippen molar-refractivity contribution in [2.24, 2.45) is 5.92 Å². The molecular formula is C12H23NO2. The van der Waals surface area contributed by atoms with E-state index in [1.807, 2.05) is 6.08 Å². The van der Waals surface area contributed by atoms with Crippen molar-refractivity contribution in [2.75, 3.05) is 19.6 Å². The van der Waals surface area contributed by atoms with E-state index in [1.165, 1.54) is 12.8 Å². The second-order valence-electron chi connectivity index (χ2n) is 3.99. The van der Waals surface area contributed by atoms with Gasteiger partial charge in [-0.15, -0.1) is 6.58 Å². The molecule has 0 aliphatic carbocycles. The maximum atomic E-state index is 10.7. The Bertz CT molecular complexity index is 192. The molecule has 0 saturated heterocycles. The fraction of sp³-hybridized carbons (Fsp3) is 0.750. The third-order valence-corrected chi connectivity index (χ3v) is 2.42. The first-order chi connectivity index (χ1) is 7.11. The summed E-state index contributed by atoms with van der Waals surface area (Å²) < 4.78 is 0. The molecule has 88 valence electrons. The molecule has 3 nitrogen and oxygen atoms in total. The summed E-state index contributed by atoms with van der Waals surface area (Å²) in [5, 5.41) is 8.82. The van der Waals surface area contributed by atoms with Gasteiger partial charge in [-0.25, -0.2) is 0 Å². The third kappa shape index (κ3) is 7.14. The first kappa shape index (κ1) is 14.2. The van der Waals surface area contributed by atoms with E-state index in [-0.39, 0.29) is 5.92 Å². The molecule has 1 N–H and O–H groups in total. The van der Waals surface area contributed by atoms with Crippen molar-refractivity contribution in [2.45, 2.75) is 33.1 Å². The molecule has 0 fully saturated rings. The maximum Gasteiger partial charge on any atom is 0.307 e. The minimum atomic E-state index is -0.723. The van der Waals surface area contributed by atoms with Crippen LogP contribution >= 0.6 is 0 Å². The van der Waals surface area contributed by atoms with Gasteiger partial charge in [-0.3, -0.25) is 9.69 Å². The van der Waals surface area contributed by atoms with Crippen molar-refractivity contribution in [3.8, 4) is 0 Å². The molecule has 15 heavy (non-hydrogen) atoms. The van der Waals surface area contributed by atoms with Gasteiger partial charge in [0.25, 0.3) is 0 Å². The van der Waals surface area contributed by atoms with E-state index in [9.17, 15) is 4.79 Å². The minimum Gasteiger partial charge on any atom is -0.481 e. The number of rotatable bonds is 9. The summed E-state index contributed by atoms with van der Waals surface area (Å²) in [7, 11) is 0. The fourth-order valence-electron chi connectivity index (χ4n) is 1.49. The lowest BCUT2D eigenvalue weighted by atomic mass is 10.1. The quantitative estimate of drug-likeness (QED) is 0.472. The topological polar surface area (TPSA) is 40.5 Å². The first-order valence-corrected chi connectivity index (χ1v) is 5.67. The second kappa shape index (κ2) is 8.48. The molecule has 0 amide bonds. The number of aliphatic carboxylic acids is 1. The Balaban J connectivity index is 3.91. The summed E-state index contributed by atoms with van der Waals surface area (Å²) in [6.07, 6.45) is 5.36. The van der Waals surface area contributed by atoms with Crippen molar-refractivity contribution in [3.05, 3.63) is 12.7 Å². The molecule has 1 atom stereocenters. The largest absolute Gasteiger partial charge is 0.481 e. The van der Waals surface area contributed by atoms with Crippen molar-refractivity contribution >= 4 is 5.97 Å². The molecule has 1 unspecified atom stereocenters. The van der Waals surface area contributed by atoms with Gasteiger partial charge in [0.05, 0.1) is 5.92 Å². The average molecular weight is 213 g/mol. The van der Waals surface area contributed by atoms with E-state index in [4.69, 9.17) is 5.11 Å². The molecule has 0 aliphatic heterocycles. The first-order valence-electron chi connectivity index (χ1n) is 5.67. The highest BCUT2D eigenvalue weighted by atomic mass is 16.4. The van der Waals surface area contributed by atoms with Crippen LogP contribution in [0, 0.1) is 5.92 Å². The molecular weight excluding hydrogens is 190 g/mol. The van der Waals surface area contributed by atoms with E-state index in [0.29, 0.717) is 6.54 Å². The van der Waals surface area contributed by atoms with Crippen molar-refractivity contribution in [1.29, 1.82) is 0 Å². The predicted molar refractivity (Wildman–Crippen MR) is 63.0 cm³/mol. The molecule has 0 bridgehead atoms. The lowest BCUT2D eigenvalue weighted by molar-refractivity contribution is -0.141. The van der Waals surface area contributed by atoms with Crippen LogP contribution < -0.4 is 0 Å². The molecule has 0 spiro atoms. The number of unbranched alkanes of at least 4 members (excludes halogenated alkanes) is 2. The summed E-state index contributed by atoms with van der Waals surface area (Å²) in [5.74, 6) is -1.02. The molecule has 0 aromatic heterocycles. The highest BCUT2D eigenvalue weighted by Gasteiger charge is 2.14. The van der Waals surface area contributed by atoms with Gasteiger partial charge in [0.2, 0.25) is 0 Å². The number of hydrogen-bond acceptors (Lipinski definition) is 2. The molecule has 0 heterocycles. The van der Waals surface area contributed by atoms with Gasteiger partial charge < -0.3 is 5.11 Å². The van der Waals surface area contributed by atoms with E-state index in [0.717, 1.165) is 19.5 Å². The lowest BCUT2D eigenvalue weighted by Crippen LogP contribution is -2.32. The normalized spacial score (nSPS) is 12.7. The zero-order chi connectivity index (χ0) is 11.7. The van der Waals surface area contributed by atoms with Gasteiger partial charge >= 0.3 is 5.97 Å². The predicted octanol–water partition coefficient (Wildman–Crippen LogP) is 2.39. The van der Waals surface area contributed by atoms with Crippen LogP contribution in [0.1, 0.15) is 33.1 Å². The highest BCUT2D eigenvalue weighted by Crippen LogP contribution is 2.03. The van der Waals surface area contributed by atoms with E-state index >= 15 is 0 Å². The smallest absolute Gasteiger partial charge is 0.307 e. The molecule has 0 aliphatic rings. The molecule has 0 saturated carbocycles. The third-order valence-electron chi connectivity index (χ3n) is 2.42. The summed E-state index contributed by atoms with van der Waals surface area (Å²) in [6, 6.07) is 0. The summed E-state index contributed by atoms with van der Waals surface area (Å²) in [6.45, 7) is 9.97. The van der Waals surface area contributed by atoms with Crippen molar-refractivity contribution in [3.63, 3.8) is 0 Å². The van der Waals surface area contributed by atoms with Gasteiger partial charge in [-0.1, -0.05) is 32.8 Å². The lowest BCUT2D eigenvalue weighted by Gasteiger charge is -2.22. The van der Waals surface area contributed by atoms with Gasteiger partial charge in [-0.2, -0.15) is 0 Å². The molecule has 0 aromatic rings. The zero-order valence-corrected chi connectivity index (χ0v) is 9.91. The van der Waals surface area contributed by atoms with Crippen molar-refractivity contribution < 1.29 is 9.90 Å². The van der Waals surface area contributed by atoms with Crippen LogP contribution in [0.2, 0.25) is 0 Å². The standard InChI is InChI=1S/C12H23NO2/c1-4-6-7-9-13(8-5-2)10-11(3)12(14)15/h5,11H,2,4,6-10H2,1,3H3,(H,14,15). The number of hydrogen-bond donors (Lipinski definition) is 1. The highest BCUT2D eigenvalue weighted by molar-refractivity contribution is 5.69.